The minimum absolute atomic E-state index is 0.0957. The number of carbonyl (C=O) groups is 2. The first-order valence-corrected chi connectivity index (χ1v) is 11.6. The first kappa shape index (κ1) is 27.0. The van der Waals surface area contributed by atoms with Crippen molar-refractivity contribution < 1.29 is 24.0 Å². The van der Waals surface area contributed by atoms with Gasteiger partial charge >= 0.3 is 5.97 Å². The SMILES string of the molecule is CC1=C(OCCCCCCN)C(c2cccc([N+](=O)[O-])c2)C(C(=O)OCC(C)C)=C(C)N1C=O. The molecule has 1 unspecified atom stereocenters. The van der Waals surface area contributed by atoms with Gasteiger partial charge in [0.05, 0.1) is 35.3 Å². The quantitative estimate of drug-likeness (QED) is 0.148. The third-order valence-corrected chi connectivity index (χ3v) is 5.66. The van der Waals surface area contributed by atoms with Gasteiger partial charge in [-0.1, -0.05) is 38.8 Å². The van der Waals surface area contributed by atoms with E-state index >= 15 is 0 Å². The van der Waals surface area contributed by atoms with Crippen molar-refractivity contribution in [1.82, 2.24) is 4.90 Å². The molecule has 186 valence electrons. The molecule has 1 heterocycles. The number of ether oxygens (including phenoxy) is 2. The van der Waals surface area contributed by atoms with Crippen LogP contribution in [0.4, 0.5) is 5.69 Å². The van der Waals surface area contributed by atoms with E-state index in [0.29, 0.717) is 42.3 Å². The second-order valence-corrected chi connectivity index (χ2v) is 8.75. The molecule has 1 aromatic carbocycles. The molecule has 0 saturated carbocycles. The molecule has 2 N–H and O–H groups in total. The standard InChI is InChI=1S/C25H35N3O6/c1-17(2)15-34-25(30)22-18(3)27(16-29)19(4)24(33-13-8-6-5-7-12-26)23(22)20-10-9-11-21(14-20)28(31)32/h9-11,14,16-17,23H,5-8,12-13,15,26H2,1-4H3. The number of unbranched alkanes of at least 4 members (excludes halogenated alkanes) is 3. The summed E-state index contributed by atoms with van der Waals surface area (Å²) in [5.41, 5.74) is 7.15. The summed E-state index contributed by atoms with van der Waals surface area (Å²) in [6.07, 6.45) is 4.26. The minimum Gasteiger partial charge on any atom is -0.495 e. The molecule has 0 aromatic heterocycles. The Morgan fingerprint density at radius 3 is 2.53 bits per heavy atom. The summed E-state index contributed by atoms with van der Waals surface area (Å²) in [5, 5.41) is 11.4. The summed E-state index contributed by atoms with van der Waals surface area (Å²) in [6.45, 7) is 8.48. The van der Waals surface area contributed by atoms with Crippen LogP contribution < -0.4 is 5.73 Å². The number of esters is 1. The van der Waals surface area contributed by atoms with Crippen molar-refractivity contribution in [2.75, 3.05) is 19.8 Å². The second-order valence-electron chi connectivity index (χ2n) is 8.75. The van der Waals surface area contributed by atoms with Crippen molar-refractivity contribution in [3.8, 4) is 0 Å². The Hall–Kier alpha value is -3.20. The molecule has 1 aliphatic heterocycles. The molecule has 0 saturated heterocycles. The zero-order valence-electron chi connectivity index (χ0n) is 20.4. The number of nitrogens with two attached hydrogens (primary N) is 1. The lowest BCUT2D eigenvalue weighted by Crippen LogP contribution is -2.33. The number of hydrogen-bond donors (Lipinski definition) is 1. The molecule has 1 amide bonds. The van der Waals surface area contributed by atoms with Crippen LogP contribution in [0.25, 0.3) is 0 Å². The molecular formula is C25H35N3O6. The fourth-order valence-electron chi connectivity index (χ4n) is 3.90. The van der Waals surface area contributed by atoms with Gasteiger partial charge in [-0.3, -0.25) is 19.8 Å². The maximum absolute atomic E-state index is 13.2. The fraction of sp³-hybridized carbons (Fsp3) is 0.520. The summed E-state index contributed by atoms with van der Waals surface area (Å²) >= 11 is 0. The van der Waals surface area contributed by atoms with Crippen molar-refractivity contribution in [2.24, 2.45) is 11.7 Å². The number of allylic oxidation sites excluding steroid dienone is 3. The van der Waals surface area contributed by atoms with Crippen LogP contribution in [0.2, 0.25) is 0 Å². The molecule has 2 rings (SSSR count). The predicted molar refractivity (Wildman–Crippen MR) is 128 cm³/mol. The highest BCUT2D eigenvalue weighted by atomic mass is 16.6. The van der Waals surface area contributed by atoms with Gasteiger partial charge in [-0.05, 0) is 44.7 Å². The van der Waals surface area contributed by atoms with E-state index in [1.54, 1.807) is 26.0 Å². The Morgan fingerprint density at radius 2 is 1.91 bits per heavy atom. The number of hydrogen-bond acceptors (Lipinski definition) is 7. The highest BCUT2D eigenvalue weighted by Crippen LogP contribution is 2.43. The maximum atomic E-state index is 13.2. The Morgan fingerprint density at radius 1 is 1.21 bits per heavy atom. The van der Waals surface area contributed by atoms with Gasteiger partial charge in [0.25, 0.3) is 5.69 Å². The second kappa shape index (κ2) is 12.9. The fourth-order valence-corrected chi connectivity index (χ4v) is 3.90. The van der Waals surface area contributed by atoms with Gasteiger partial charge in [0, 0.05) is 17.8 Å². The first-order chi connectivity index (χ1) is 16.2. The average molecular weight is 474 g/mol. The summed E-state index contributed by atoms with van der Waals surface area (Å²) in [6, 6.07) is 6.12. The number of non-ortho nitro benzene ring substituents is 1. The van der Waals surface area contributed by atoms with E-state index in [2.05, 4.69) is 0 Å². The lowest BCUT2D eigenvalue weighted by molar-refractivity contribution is -0.384. The molecule has 0 bridgehead atoms. The van der Waals surface area contributed by atoms with Crippen molar-refractivity contribution in [3.05, 3.63) is 62.7 Å². The van der Waals surface area contributed by atoms with Crippen molar-refractivity contribution in [1.29, 1.82) is 0 Å². The van der Waals surface area contributed by atoms with Crippen molar-refractivity contribution >= 4 is 18.1 Å². The third-order valence-electron chi connectivity index (χ3n) is 5.66. The van der Waals surface area contributed by atoms with Gasteiger partial charge < -0.3 is 15.2 Å². The van der Waals surface area contributed by atoms with Gasteiger partial charge in [0.15, 0.2) is 0 Å². The van der Waals surface area contributed by atoms with Crippen molar-refractivity contribution in [2.45, 2.75) is 59.3 Å². The highest BCUT2D eigenvalue weighted by molar-refractivity contribution is 5.93. The topological polar surface area (TPSA) is 125 Å². The Labute approximate surface area is 200 Å². The molecule has 9 heteroatoms. The average Bonchev–Trinajstić information content (AvgIpc) is 2.80. The molecule has 1 aliphatic rings. The summed E-state index contributed by atoms with van der Waals surface area (Å²) < 4.78 is 11.7. The van der Waals surface area contributed by atoms with Gasteiger partial charge in [-0.2, -0.15) is 0 Å². The summed E-state index contributed by atoms with van der Waals surface area (Å²) in [4.78, 5) is 37.5. The largest absolute Gasteiger partial charge is 0.495 e. The normalized spacial score (nSPS) is 16.2. The molecule has 9 nitrogen and oxygen atoms in total. The van der Waals surface area contributed by atoms with E-state index in [0.717, 1.165) is 25.7 Å². The molecule has 0 aliphatic carbocycles. The van der Waals surface area contributed by atoms with Gasteiger partial charge in [-0.25, -0.2) is 4.79 Å². The van der Waals surface area contributed by atoms with Gasteiger partial charge in [-0.15, -0.1) is 0 Å². The van der Waals surface area contributed by atoms with E-state index in [4.69, 9.17) is 15.2 Å². The Kier molecular flexibility index (Phi) is 10.2. The Balaban J connectivity index is 2.51. The number of nitro benzene ring substituents is 1. The van der Waals surface area contributed by atoms with E-state index < -0.39 is 16.8 Å². The number of nitro groups is 1. The summed E-state index contributed by atoms with van der Waals surface area (Å²) in [7, 11) is 0. The van der Waals surface area contributed by atoms with Crippen LogP contribution in [0.3, 0.4) is 0 Å². The lowest BCUT2D eigenvalue weighted by atomic mass is 9.84. The van der Waals surface area contributed by atoms with Crippen LogP contribution in [-0.4, -0.2) is 42.0 Å². The molecule has 0 spiro atoms. The van der Waals surface area contributed by atoms with Gasteiger partial charge in [0.1, 0.15) is 5.76 Å². The molecular weight excluding hydrogens is 438 g/mol. The van der Waals surface area contributed by atoms with Crippen LogP contribution in [0.5, 0.6) is 0 Å². The zero-order chi connectivity index (χ0) is 25.3. The number of rotatable bonds is 13. The smallest absolute Gasteiger partial charge is 0.336 e. The van der Waals surface area contributed by atoms with Crippen molar-refractivity contribution in [3.63, 3.8) is 0 Å². The van der Waals surface area contributed by atoms with E-state index in [9.17, 15) is 19.7 Å². The maximum Gasteiger partial charge on any atom is 0.336 e. The van der Waals surface area contributed by atoms with E-state index in [-0.39, 0.29) is 23.8 Å². The van der Waals surface area contributed by atoms with Gasteiger partial charge in [0.2, 0.25) is 6.41 Å². The monoisotopic (exact) mass is 473 g/mol. The van der Waals surface area contributed by atoms with Crippen LogP contribution in [0.15, 0.2) is 47.0 Å². The third kappa shape index (κ3) is 6.66. The molecule has 0 radical (unpaired) electrons. The van der Waals surface area contributed by atoms with E-state index in [1.165, 1.54) is 17.0 Å². The van der Waals surface area contributed by atoms with Crippen LogP contribution in [0, 0.1) is 16.0 Å². The van der Waals surface area contributed by atoms with E-state index in [1.807, 2.05) is 13.8 Å². The molecule has 34 heavy (non-hydrogen) atoms. The first-order valence-electron chi connectivity index (χ1n) is 11.6. The number of benzene rings is 1. The zero-order valence-corrected chi connectivity index (χ0v) is 20.4. The number of amides is 1. The lowest BCUT2D eigenvalue weighted by Gasteiger charge is -2.35. The predicted octanol–water partition coefficient (Wildman–Crippen LogP) is 4.39. The minimum atomic E-state index is -0.736. The Bertz CT molecular complexity index is 954. The van der Waals surface area contributed by atoms with Crippen LogP contribution in [0.1, 0.15) is 64.9 Å². The highest BCUT2D eigenvalue weighted by Gasteiger charge is 2.39. The molecule has 0 fully saturated rings. The number of carbonyl (C=O) groups excluding carboxylic acids is 2. The number of nitrogens with zero attached hydrogens (tertiary/aromatic N) is 2. The van der Waals surface area contributed by atoms with Crippen LogP contribution >= 0.6 is 0 Å². The summed E-state index contributed by atoms with van der Waals surface area (Å²) in [5.74, 6) is -0.784. The molecule has 1 aromatic rings. The molecule has 1 atom stereocenters. The van der Waals surface area contributed by atoms with Crippen LogP contribution in [-0.2, 0) is 19.1 Å².